The molecule has 2 rings (SSSR count). The van der Waals surface area contributed by atoms with Crippen LogP contribution in [0.15, 0.2) is 42.6 Å². The van der Waals surface area contributed by atoms with Crippen molar-refractivity contribution in [2.75, 3.05) is 6.61 Å². The van der Waals surface area contributed by atoms with Crippen molar-refractivity contribution in [3.05, 3.63) is 53.9 Å². The predicted octanol–water partition coefficient (Wildman–Crippen LogP) is 2.37. The molecule has 0 aliphatic rings. The highest BCUT2D eigenvalue weighted by atomic mass is 16.5. The number of hydrogen-bond donors (Lipinski definition) is 1. The number of carboxylic acids is 1. The van der Waals surface area contributed by atoms with Crippen molar-refractivity contribution >= 4 is 12.0 Å². The largest absolute Gasteiger partial charge is 0.492 e. The Labute approximate surface area is 117 Å². The lowest BCUT2D eigenvalue weighted by Gasteiger charge is -2.06. The summed E-state index contributed by atoms with van der Waals surface area (Å²) < 4.78 is 7.43. The average Bonchev–Trinajstić information content (AvgIpc) is 2.83. The summed E-state index contributed by atoms with van der Waals surface area (Å²) in [5.74, 6) is -0.207. The van der Waals surface area contributed by atoms with Gasteiger partial charge < -0.3 is 9.84 Å². The fourth-order valence-corrected chi connectivity index (χ4v) is 1.69. The van der Waals surface area contributed by atoms with Crippen molar-refractivity contribution in [3.63, 3.8) is 0 Å². The molecule has 0 saturated carbocycles. The Balaban J connectivity index is 1.83. The first-order valence-electron chi connectivity index (χ1n) is 6.27. The van der Waals surface area contributed by atoms with Gasteiger partial charge in [0.15, 0.2) is 0 Å². The molecule has 0 fully saturated rings. The van der Waals surface area contributed by atoms with Gasteiger partial charge in [0.05, 0.1) is 12.2 Å². The van der Waals surface area contributed by atoms with E-state index in [-0.39, 0.29) is 0 Å². The van der Waals surface area contributed by atoms with Gasteiger partial charge in [0.2, 0.25) is 0 Å². The summed E-state index contributed by atoms with van der Waals surface area (Å²) in [5.41, 5.74) is 1.81. The van der Waals surface area contributed by atoms with E-state index in [1.165, 1.54) is 0 Å². The number of ether oxygens (including phenoxy) is 1. The minimum atomic E-state index is -0.958. The van der Waals surface area contributed by atoms with Crippen LogP contribution >= 0.6 is 0 Å². The lowest BCUT2D eigenvalue weighted by Crippen LogP contribution is -2.08. The Morgan fingerprint density at radius 3 is 2.70 bits per heavy atom. The van der Waals surface area contributed by atoms with Crippen LogP contribution in [0.4, 0.5) is 0 Å². The highest BCUT2D eigenvalue weighted by Gasteiger charge is 1.97. The lowest BCUT2D eigenvalue weighted by atomic mass is 10.2. The van der Waals surface area contributed by atoms with E-state index < -0.39 is 5.97 Å². The molecule has 0 atom stereocenters. The van der Waals surface area contributed by atoms with Crippen LogP contribution in [-0.4, -0.2) is 27.5 Å². The Morgan fingerprint density at radius 1 is 1.35 bits per heavy atom. The lowest BCUT2D eigenvalue weighted by molar-refractivity contribution is -0.131. The van der Waals surface area contributed by atoms with E-state index in [0.717, 1.165) is 23.1 Å². The van der Waals surface area contributed by atoms with E-state index in [0.29, 0.717) is 13.2 Å². The number of aromatic nitrogens is 2. The van der Waals surface area contributed by atoms with E-state index in [9.17, 15) is 4.79 Å². The van der Waals surface area contributed by atoms with Gasteiger partial charge >= 0.3 is 5.97 Å². The second-order valence-electron chi connectivity index (χ2n) is 4.31. The molecule has 1 aromatic heterocycles. The second-order valence-corrected chi connectivity index (χ2v) is 4.31. The molecule has 2 aromatic rings. The van der Waals surface area contributed by atoms with Crippen molar-refractivity contribution in [2.45, 2.75) is 13.5 Å². The molecule has 1 heterocycles. The van der Waals surface area contributed by atoms with Gasteiger partial charge in [0.1, 0.15) is 12.4 Å². The normalized spacial score (nSPS) is 10.8. The molecule has 1 N–H and O–H groups in total. The van der Waals surface area contributed by atoms with Crippen molar-refractivity contribution in [2.24, 2.45) is 0 Å². The molecule has 0 radical (unpaired) electrons. The first kappa shape index (κ1) is 13.9. The highest BCUT2D eigenvalue weighted by molar-refractivity contribution is 5.85. The molecule has 0 saturated heterocycles. The van der Waals surface area contributed by atoms with Crippen LogP contribution in [-0.2, 0) is 11.3 Å². The maximum Gasteiger partial charge on any atom is 0.328 e. The number of rotatable bonds is 6. The summed E-state index contributed by atoms with van der Waals surface area (Å²) in [6.45, 7) is 3.17. The molecule has 0 amide bonds. The predicted molar refractivity (Wildman–Crippen MR) is 75.6 cm³/mol. The molecular weight excluding hydrogens is 256 g/mol. The third kappa shape index (κ3) is 4.28. The van der Waals surface area contributed by atoms with Gasteiger partial charge in [-0.2, -0.15) is 5.10 Å². The van der Waals surface area contributed by atoms with Crippen LogP contribution < -0.4 is 4.74 Å². The van der Waals surface area contributed by atoms with Gasteiger partial charge in [0, 0.05) is 12.3 Å². The number of nitrogens with zero attached hydrogens (tertiary/aromatic N) is 2. The van der Waals surface area contributed by atoms with Gasteiger partial charge in [-0.05, 0) is 36.8 Å². The van der Waals surface area contributed by atoms with Crippen LogP contribution in [0.1, 0.15) is 11.3 Å². The molecule has 0 spiro atoms. The maximum atomic E-state index is 10.4. The van der Waals surface area contributed by atoms with E-state index in [2.05, 4.69) is 5.10 Å². The Morgan fingerprint density at radius 2 is 2.10 bits per heavy atom. The van der Waals surface area contributed by atoms with Gasteiger partial charge in [0.25, 0.3) is 0 Å². The summed E-state index contributed by atoms with van der Waals surface area (Å²) in [6, 6.07) is 9.20. The van der Waals surface area contributed by atoms with E-state index in [1.807, 2.05) is 48.1 Å². The van der Waals surface area contributed by atoms with Crippen molar-refractivity contribution in [1.82, 2.24) is 9.78 Å². The topological polar surface area (TPSA) is 64.3 Å². The standard InChI is InChI=1S/C15H16N2O3/c1-12-8-9-17(16-12)10-11-20-14-5-2-13(3-6-14)4-7-15(18)19/h2-9H,10-11H2,1H3,(H,18,19). The summed E-state index contributed by atoms with van der Waals surface area (Å²) in [6.07, 6.45) is 4.56. The Bertz CT molecular complexity index is 600. The minimum Gasteiger partial charge on any atom is -0.492 e. The molecule has 0 bridgehead atoms. The number of aliphatic carboxylic acids is 1. The SMILES string of the molecule is Cc1ccn(CCOc2ccc(C=CC(=O)O)cc2)n1. The van der Waals surface area contributed by atoms with Gasteiger partial charge in [-0.1, -0.05) is 12.1 Å². The quantitative estimate of drug-likeness (QED) is 0.820. The summed E-state index contributed by atoms with van der Waals surface area (Å²) >= 11 is 0. The zero-order valence-electron chi connectivity index (χ0n) is 11.2. The smallest absolute Gasteiger partial charge is 0.328 e. The van der Waals surface area contributed by atoms with Gasteiger partial charge in [-0.25, -0.2) is 4.79 Å². The number of carboxylic acid groups (broad SMARTS) is 1. The summed E-state index contributed by atoms with van der Waals surface area (Å²) in [5, 5.41) is 12.8. The molecule has 20 heavy (non-hydrogen) atoms. The van der Waals surface area contributed by atoms with Crippen LogP contribution in [0.2, 0.25) is 0 Å². The summed E-state index contributed by atoms with van der Waals surface area (Å²) in [7, 11) is 0. The first-order valence-corrected chi connectivity index (χ1v) is 6.27. The van der Waals surface area contributed by atoms with Crippen LogP contribution in [0.3, 0.4) is 0 Å². The Hall–Kier alpha value is -2.56. The summed E-state index contributed by atoms with van der Waals surface area (Å²) in [4.78, 5) is 10.4. The van der Waals surface area contributed by atoms with E-state index in [1.54, 1.807) is 6.08 Å². The van der Waals surface area contributed by atoms with Crippen molar-refractivity contribution in [3.8, 4) is 5.75 Å². The maximum absolute atomic E-state index is 10.4. The first-order chi connectivity index (χ1) is 9.63. The Kier molecular flexibility index (Phi) is 4.55. The van der Waals surface area contributed by atoms with E-state index in [4.69, 9.17) is 9.84 Å². The van der Waals surface area contributed by atoms with Crippen molar-refractivity contribution in [1.29, 1.82) is 0 Å². The molecule has 0 aliphatic heterocycles. The second kappa shape index (κ2) is 6.56. The van der Waals surface area contributed by atoms with E-state index >= 15 is 0 Å². The fourth-order valence-electron chi connectivity index (χ4n) is 1.69. The third-order valence-corrected chi connectivity index (χ3v) is 2.66. The van der Waals surface area contributed by atoms with Gasteiger partial charge in [-0.3, -0.25) is 4.68 Å². The monoisotopic (exact) mass is 272 g/mol. The molecular formula is C15H16N2O3. The fraction of sp³-hybridized carbons (Fsp3) is 0.200. The molecule has 5 heteroatoms. The molecule has 1 aromatic carbocycles. The molecule has 0 aliphatic carbocycles. The highest BCUT2D eigenvalue weighted by Crippen LogP contribution is 2.13. The number of aryl methyl sites for hydroxylation is 1. The number of benzene rings is 1. The van der Waals surface area contributed by atoms with Crippen LogP contribution in [0.5, 0.6) is 5.75 Å². The zero-order valence-corrected chi connectivity index (χ0v) is 11.2. The molecule has 0 unspecified atom stereocenters. The number of carbonyl (C=O) groups is 1. The van der Waals surface area contributed by atoms with Gasteiger partial charge in [-0.15, -0.1) is 0 Å². The molecule has 5 nitrogen and oxygen atoms in total. The van der Waals surface area contributed by atoms with Crippen LogP contribution in [0, 0.1) is 6.92 Å². The molecule has 104 valence electrons. The van der Waals surface area contributed by atoms with Crippen LogP contribution in [0.25, 0.3) is 6.08 Å². The minimum absolute atomic E-state index is 0.533. The average molecular weight is 272 g/mol. The van der Waals surface area contributed by atoms with Crippen molar-refractivity contribution < 1.29 is 14.6 Å². The third-order valence-electron chi connectivity index (χ3n) is 2.66. The zero-order chi connectivity index (χ0) is 14.4. The number of hydrogen-bond acceptors (Lipinski definition) is 3.